The van der Waals surface area contributed by atoms with Crippen LogP contribution in [-0.4, -0.2) is 99.0 Å². The molecule has 1 fully saturated rings. The Morgan fingerprint density at radius 3 is 2.75 bits per heavy atom. The van der Waals surface area contributed by atoms with Gasteiger partial charge in [0.25, 0.3) is 0 Å². The molecule has 0 spiro atoms. The maximum atomic E-state index is 11.9. The Hall–Kier alpha value is -0.630. The van der Waals surface area contributed by atoms with Gasteiger partial charge in [-0.15, -0.1) is 35.3 Å². The number of ether oxygens (including phenoxy) is 1. The summed E-state index contributed by atoms with van der Waals surface area (Å²) in [5.74, 6) is 2.04. The Bertz CT molecular complexity index is 568. The van der Waals surface area contributed by atoms with Crippen molar-refractivity contribution in [2.45, 2.75) is 10.8 Å². The van der Waals surface area contributed by atoms with E-state index in [-0.39, 0.29) is 29.9 Å². The Morgan fingerprint density at radius 1 is 1.32 bits per heavy atom. The van der Waals surface area contributed by atoms with Crippen LogP contribution in [0.2, 0.25) is 0 Å². The summed E-state index contributed by atoms with van der Waals surface area (Å²) in [7, 11) is 3.45. The minimum atomic E-state index is 0. The molecular weight excluding hydrogens is 511 g/mol. The second-order valence-corrected chi connectivity index (χ2v) is 8.32. The summed E-state index contributed by atoms with van der Waals surface area (Å²) in [6.07, 6.45) is 2.90. The number of piperazine rings is 1. The van der Waals surface area contributed by atoms with Crippen LogP contribution in [0.1, 0.15) is 6.42 Å². The second-order valence-electron chi connectivity index (χ2n) is 6.08. The third kappa shape index (κ3) is 9.72. The van der Waals surface area contributed by atoms with Gasteiger partial charge in [-0.05, 0) is 6.42 Å². The zero-order valence-corrected chi connectivity index (χ0v) is 20.5. The minimum absolute atomic E-state index is 0. The number of aromatic nitrogens is 1. The molecule has 0 bridgehead atoms. The third-order valence-electron chi connectivity index (χ3n) is 4.12. The Balaban J connectivity index is 0.00000392. The summed E-state index contributed by atoms with van der Waals surface area (Å²) in [4.78, 5) is 25.0. The molecule has 0 atom stereocenters. The molecule has 1 aromatic heterocycles. The van der Waals surface area contributed by atoms with Gasteiger partial charge in [-0.1, -0.05) is 11.8 Å². The molecule has 2 rings (SSSR count). The summed E-state index contributed by atoms with van der Waals surface area (Å²) >= 11 is 3.48. The van der Waals surface area contributed by atoms with E-state index < -0.39 is 0 Å². The van der Waals surface area contributed by atoms with E-state index in [4.69, 9.17) is 4.74 Å². The van der Waals surface area contributed by atoms with Gasteiger partial charge in [0.15, 0.2) is 5.96 Å². The summed E-state index contributed by atoms with van der Waals surface area (Å²) in [5.41, 5.74) is 0. The molecule has 28 heavy (non-hydrogen) atoms. The van der Waals surface area contributed by atoms with Crippen LogP contribution in [0.15, 0.2) is 20.9 Å². The number of nitrogens with one attached hydrogen (secondary N) is 2. The lowest BCUT2D eigenvalue weighted by Crippen LogP contribution is -2.54. The van der Waals surface area contributed by atoms with Gasteiger partial charge in [-0.2, -0.15) is 0 Å². The molecule has 1 aromatic rings. The molecule has 1 aliphatic heterocycles. The lowest BCUT2D eigenvalue weighted by molar-refractivity contribution is -0.122. The lowest BCUT2D eigenvalue weighted by Gasteiger charge is -2.36. The van der Waals surface area contributed by atoms with Crippen molar-refractivity contribution in [2.24, 2.45) is 4.99 Å². The number of carbonyl (C=O) groups excluding carboxylic acids is 1. The first-order chi connectivity index (χ1) is 13.2. The lowest BCUT2D eigenvalue weighted by atomic mass is 10.3. The molecule has 0 aromatic carbocycles. The van der Waals surface area contributed by atoms with Gasteiger partial charge >= 0.3 is 0 Å². The third-order valence-corrected chi connectivity index (χ3v) is 6.17. The number of hydrogen-bond acceptors (Lipinski definition) is 7. The van der Waals surface area contributed by atoms with Gasteiger partial charge in [0.2, 0.25) is 5.91 Å². The van der Waals surface area contributed by atoms with Crippen LogP contribution >= 0.6 is 47.1 Å². The zero-order chi connectivity index (χ0) is 19.3. The highest BCUT2D eigenvalue weighted by Crippen LogP contribution is 2.20. The molecule has 11 heteroatoms. The van der Waals surface area contributed by atoms with Crippen molar-refractivity contribution < 1.29 is 9.53 Å². The number of carbonyl (C=O) groups is 1. The van der Waals surface area contributed by atoms with Gasteiger partial charge in [-0.25, -0.2) is 4.98 Å². The van der Waals surface area contributed by atoms with Crippen molar-refractivity contribution >= 4 is 58.9 Å². The standard InChI is InChI=1S/C17H30N6O2S2.HI/c1-18-16(20-4-3-12-26-17-21-6-13-27-17)23-9-7-22(8-10-23)14-15(24)19-5-11-25-2;/h6,13H,3-5,7-12,14H2,1-2H3,(H,18,20)(H,19,24);1H. The first-order valence-corrected chi connectivity index (χ1v) is 11.1. The Kier molecular flexibility index (Phi) is 13.8. The Morgan fingerprint density at radius 2 is 2.11 bits per heavy atom. The van der Waals surface area contributed by atoms with Crippen molar-refractivity contribution in [3.63, 3.8) is 0 Å². The SMILES string of the molecule is CN=C(NCCCSc1nccs1)N1CCN(CC(=O)NCCOC)CC1.I. The van der Waals surface area contributed by atoms with E-state index in [2.05, 4.69) is 30.4 Å². The molecule has 1 aliphatic rings. The minimum Gasteiger partial charge on any atom is -0.383 e. The quantitative estimate of drug-likeness (QED) is 0.151. The second kappa shape index (κ2) is 15.2. The first kappa shape index (κ1) is 25.4. The fourth-order valence-electron chi connectivity index (χ4n) is 2.72. The van der Waals surface area contributed by atoms with Gasteiger partial charge in [0, 0.05) is 70.8 Å². The predicted molar refractivity (Wildman–Crippen MR) is 127 cm³/mol. The normalized spacial score (nSPS) is 15.2. The van der Waals surface area contributed by atoms with E-state index in [0.717, 1.165) is 55.2 Å². The largest absolute Gasteiger partial charge is 0.383 e. The maximum absolute atomic E-state index is 11.9. The highest BCUT2D eigenvalue weighted by Gasteiger charge is 2.20. The number of thiazole rings is 1. The molecule has 0 unspecified atom stereocenters. The van der Waals surface area contributed by atoms with Crippen LogP contribution in [0.25, 0.3) is 0 Å². The molecule has 1 amide bonds. The van der Waals surface area contributed by atoms with Crippen molar-refractivity contribution in [3.05, 3.63) is 11.6 Å². The van der Waals surface area contributed by atoms with Crippen LogP contribution < -0.4 is 10.6 Å². The number of nitrogens with zero attached hydrogens (tertiary/aromatic N) is 4. The van der Waals surface area contributed by atoms with Crippen LogP contribution in [-0.2, 0) is 9.53 Å². The highest BCUT2D eigenvalue weighted by atomic mass is 127. The molecule has 160 valence electrons. The van der Waals surface area contributed by atoms with Crippen molar-refractivity contribution in [2.75, 3.05) is 72.3 Å². The van der Waals surface area contributed by atoms with Gasteiger partial charge in [0.1, 0.15) is 4.34 Å². The van der Waals surface area contributed by atoms with E-state index in [0.29, 0.717) is 19.7 Å². The van der Waals surface area contributed by atoms with E-state index in [1.165, 1.54) is 0 Å². The predicted octanol–water partition coefficient (Wildman–Crippen LogP) is 1.20. The van der Waals surface area contributed by atoms with E-state index >= 15 is 0 Å². The molecule has 1 saturated heterocycles. The van der Waals surface area contributed by atoms with Gasteiger partial charge < -0.3 is 20.3 Å². The number of rotatable bonds is 10. The van der Waals surface area contributed by atoms with Crippen LogP contribution in [0.3, 0.4) is 0 Å². The van der Waals surface area contributed by atoms with Crippen molar-refractivity contribution in [3.8, 4) is 0 Å². The number of aliphatic imine (C=N–C) groups is 1. The van der Waals surface area contributed by atoms with E-state index in [1.807, 2.05) is 18.6 Å². The van der Waals surface area contributed by atoms with Crippen molar-refractivity contribution in [1.29, 1.82) is 0 Å². The molecule has 8 nitrogen and oxygen atoms in total. The summed E-state index contributed by atoms with van der Waals surface area (Å²) in [6, 6.07) is 0. The number of hydrogen-bond donors (Lipinski definition) is 2. The number of amides is 1. The number of guanidine groups is 1. The van der Waals surface area contributed by atoms with Crippen LogP contribution in [0.4, 0.5) is 0 Å². The number of halogens is 1. The number of thioether (sulfide) groups is 1. The summed E-state index contributed by atoms with van der Waals surface area (Å²) in [6.45, 7) is 5.91. The van der Waals surface area contributed by atoms with Gasteiger partial charge in [-0.3, -0.25) is 14.7 Å². The fraction of sp³-hybridized carbons (Fsp3) is 0.706. The molecule has 0 aliphatic carbocycles. The van der Waals surface area contributed by atoms with E-state index in [9.17, 15) is 4.79 Å². The summed E-state index contributed by atoms with van der Waals surface area (Å²) in [5, 5.41) is 8.31. The average Bonchev–Trinajstić information content (AvgIpc) is 3.19. The topological polar surface area (TPSA) is 82.1 Å². The van der Waals surface area contributed by atoms with Crippen molar-refractivity contribution in [1.82, 2.24) is 25.4 Å². The molecule has 0 saturated carbocycles. The zero-order valence-electron chi connectivity index (χ0n) is 16.6. The Labute approximate surface area is 192 Å². The summed E-state index contributed by atoms with van der Waals surface area (Å²) < 4.78 is 6.07. The molecule has 2 N–H and O–H groups in total. The van der Waals surface area contributed by atoms with Gasteiger partial charge in [0.05, 0.1) is 13.2 Å². The molecular formula is C17H31IN6O2S2. The monoisotopic (exact) mass is 542 g/mol. The molecule has 0 radical (unpaired) electrons. The number of methoxy groups -OCH3 is 1. The fourth-order valence-corrected chi connectivity index (χ4v) is 4.36. The first-order valence-electron chi connectivity index (χ1n) is 9.19. The molecule has 2 heterocycles. The van der Waals surface area contributed by atoms with Crippen LogP contribution in [0.5, 0.6) is 0 Å². The smallest absolute Gasteiger partial charge is 0.234 e. The van der Waals surface area contributed by atoms with Crippen LogP contribution in [0, 0.1) is 0 Å². The van der Waals surface area contributed by atoms with E-state index in [1.54, 1.807) is 30.2 Å². The maximum Gasteiger partial charge on any atom is 0.234 e. The average molecular weight is 543 g/mol. The highest BCUT2D eigenvalue weighted by molar-refractivity contribution is 14.0.